The van der Waals surface area contributed by atoms with Crippen molar-refractivity contribution in [1.29, 1.82) is 0 Å². The van der Waals surface area contributed by atoms with Crippen LogP contribution < -0.4 is 5.59 Å². The van der Waals surface area contributed by atoms with E-state index in [0.717, 1.165) is 0 Å². The molecular weight excluding hydrogens is 224 g/mol. The smallest absolute Gasteiger partial charge is 0.398 e. The molecule has 0 aromatic carbocycles. The Balaban J connectivity index is 2.46. The Morgan fingerprint density at radius 3 is 2.44 bits per heavy atom. The molecule has 0 saturated carbocycles. The van der Waals surface area contributed by atoms with Gasteiger partial charge < -0.3 is 9.31 Å². The van der Waals surface area contributed by atoms with Crippen LogP contribution in [0.25, 0.3) is 0 Å². The fourth-order valence-electron chi connectivity index (χ4n) is 1.38. The fraction of sp³-hybridized carbons (Fsp3) is 0.545. The van der Waals surface area contributed by atoms with Gasteiger partial charge in [-0.3, -0.25) is 4.98 Å². The molecule has 1 aromatic rings. The van der Waals surface area contributed by atoms with Crippen molar-refractivity contribution < 1.29 is 13.4 Å². The minimum Gasteiger partial charge on any atom is -0.398 e. The van der Waals surface area contributed by atoms with Gasteiger partial charge in [0.15, 0.2) is 0 Å². The second kappa shape index (κ2) is 3.72. The van der Waals surface area contributed by atoms with Gasteiger partial charge in [-0.2, -0.15) is 0 Å². The Labute approximate surface area is 105 Å². The quantitative estimate of drug-likeness (QED) is 0.706. The molecule has 3 nitrogen and oxygen atoms in total. The molecule has 16 heavy (non-hydrogen) atoms. The van der Waals surface area contributed by atoms with Crippen molar-refractivity contribution in [2.75, 3.05) is 0 Å². The van der Waals surface area contributed by atoms with Crippen molar-refractivity contribution in [3.63, 3.8) is 0 Å². The third kappa shape index (κ3) is 1.97. The van der Waals surface area contributed by atoms with Crippen LogP contribution in [-0.4, -0.2) is 23.3 Å². The molecule has 2 heterocycles. The molecular formula is C11H15BClNO2. The van der Waals surface area contributed by atoms with Crippen LogP contribution in [0, 0.1) is 0 Å². The Kier molecular flexibility index (Phi) is 1.98. The van der Waals surface area contributed by atoms with Crippen LogP contribution in [0.5, 0.6) is 0 Å². The van der Waals surface area contributed by atoms with Crippen molar-refractivity contribution in [3.05, 3.63) is 23.3 Å². The molecule has 2 rings (SSSR count). The van der Waals surface area contributed by atoms with Crippen molar-refractivity contribution in [3.8, 4) is 0 Å². The van der Waals surface area contributed by atoms with Gasteiger partial charge >= 0.3 is 7.12 Å². The van der Waals surface area contributed by atoms with E-state index < -0.39 is 18.3 Å². The summed E-state index contributed by atoms with van der Waals surface area (Å²) in [6, 6.07) is -0.381. The molecule has 1 aliphatic rings. The number of hydrogen-bond acceptors (Lipinski definition) is 3. The Bertz CT molecular complexity index is 523. The number of hydrogen-bond donors (Lipinski definition) is 0. The molecule has 1 aromatic heterocycles. The third-order valence-electron chi connectivity index (χ3n) is 3.06. The van der Waals surface area contributed by atoms with Gasteiger partial charge in [0.1, 0.15) is 0 Å². The molecule has 1 aliphatic heterocycles. The average molecular weight is 243 g/mol. The first-order chi connectivity index (χ1) is 8.57. The van der Waals surface area contributed by atoms with Crippen molar-refractivity contribution in [2.24, 2.45) is 0 Å². The van der Waals surface area contributed by atoms with E-state index in [-0.39, 0.29) is 28.9 Å². The molecule has 86 valence electrons. The van der Waals surface area contributed by atoms with Crippen LogP contribution >= 0.6 is 11.6 Å². The lowest BCUT2D eigenvalue weighted by molar-refractivity contribution is 0.00578. The zero-order valence-corrected chi connectivity index (χ0v) is 10.5. The monoisotopic (exact) mass is 242 g/mol. The van der Waals surface area contributed by atoms with E-state index in [9.17, 15) is 0 Å². The Morgan fingerprint density at radius 2 is 1.88 bits per heavy atom. The Morgan fingerprint density at radius 1 is 1.31 bits per heavy atom. The molecule has 1 saturated heterocycles. The molecule has 5 heteroatoms. The first-order valence-electron chi connectivity index (χ1n) is 6.55. The lowest BCUT2D eigenvalue weighted by Crippen LogP contribution is -2.41. The average Bonchev–Trinajstić information content (AvgIpc) is 2.50. The summed E-state index contributed by atoms with van der Waals surface area (Å²) in [4.78, 5) is 3.90. The molecule has 0 atom stereocenters. The lowest BCUT2D eigenvalue weighted by Gasteiger charge is -2.32. The van der Waals surface area contributed by atoms with E-state index in [1.54, 1.807) is 0 Å². The SMILES string of the molecule is [2H]c1nc(B2OC(C)(C)C(C)(C)O2)c([2H])c(Cl)c1[2H]. The largest absolute Gasteiger partial charge is 0.514 e. The number of aromatic nitrogens is 1. The van der Waals surface area contributed by atoms with Gasteiger partial charge in [-0.25, -0.2) is 0 Å². The molecule has 0 aliphatic carbocycles. The van der Waals surface area contributed by atoms with Gasteiger partial charge in [0.2, 0.25) is 0 Å². The number of halogens is 1. The van der Waals surface area contributed by atoms with Crippen molar-refractivity contribution in [1.82, 2.24) is 4.98 Å². The predicted octanol–water partition coefficient (Wildman–Crippen LogP) is 2.03. The summed E-state index contributed by atoms with van der Waals surface area (Å²) in [6.45, 7) is 7.55. The summed E-state index contributed by atoms with van der Waals surface area (Å²) in [7, 11) is -0.847. The van der Waals surface area contributed by atoms with Crippen LogP contribution in [0.4, 0.5) is 0 Å². The first-order valence-corrected chi connectivity index (χ1v) is 5.43. The summed E-state index contributed by atoms with van der Waals surface area (Å²) in [5.74, 6) is 0. The van der Waals surface area contributed by atoms with Crippen LogP contribution in [-0.2, 0) is 9.31 Å². The third-order valence-corrected chi connectivity index (χ3v) is 3.25. The van der Waals surface area contributed by atoms with Gasteiger partial charge in [-0.1, -0.05) is 11.6 Å². The van der Waals surface area contributed by atoms with E-state index in [2.05, 4.69) is 4.98 Å². The van der Waals surface area contributed by atoms with Gasteiger partial charge in [0.25, 0.3) is 0 Å². The van der Waals surface area contributed by atoms with E-state index in [4.69, 9.17) is 25.0 Å². The van der Waals surface area contributed by atoms with Gasteiger partial charge in [-0.05, 0) is 39.8 Å². The highest BCUT2D eigenvalue weighted by molar-refractivity contribution is 6.61. The van der Waals surface area contributed by atoms with E-state index in [1.807, 2.05) is 27.7 Å². The van der Waals surface area contributed by atoms with Crippen molar-refractivity contribution >= 4 is 24.3 Å². The fourth-order valence-corrected chi connectivity index (χ4v) is 1.51. The molecule has 0 spiro atoms. The molecule has 0 bridgehead atoms. The molecule has 0 N–H and O–H groups in total. The normalized spacial score (nSPS) is 25.1. The molecule has 0 unspecified atom stereocenters. The summed E-state index contributed by atoms with van der Waals surface area (Å²) in [5, 5.41) is -0.107. The zero-order chi connectivity index (χ0) is 14.6. The number of nitrogens with zero attached hydrogens (tertiary/aromatic N) is 1. The second-order valence-corrected chi connectivity index (χ2v) is 5.14. The van der Waals surface area contributed by atoms with Crippen LogP contribution in [0.3, 0.4) is 0 Å². The highest BCUT2D eigenvalue weighted by Gasteiger charge is 2.52. The Hall–Kier alpha value is -0.575. The van der Waals surface area contributed by atoms with Crippen molar-refractivity contribution in [2.45, 2.75) is 38.9 Å². The van der Waals surface area contributed by atoms with Gasteiger partial charge in [-0.15, -0.1) is 0 Å². The van der Waals surface area contributed by atoms with Gasteiger partial charge in [0.05, 0.1) is 20.9 Å². The maximum Gasteiger partial charge on any atom is 0.514 e. The zero-order valence-electron chi connectivity index (χ0n) is 12.7. The summed E-state index contributed by atoms with van der Waals surface area (Å²) in [6.07, 6.45) is -0.286. The lowest BCUT2D eigenvalue weighted by atomic mass is 9.84. The topological polar surface area (TPSA) is 31.4 Å². The van der Waals surface area contributed by atoms with Crippen LogP contribution in [0.15, 0.2) is 18.3 Å². The number of rotatable bonds is 1. The summed E-state index contributed by atoms with van der Waals surface area (Å²) < 4.78 is 34.6. The summed E-state index contributed by atoms with van der Waals surface area (Å²) >= 11 is 5.86. The maximum absolute atomic E-state index is 7.90. The minimum absolute atomic E-state index is 0.107. The van der Waals surface area contributed by atoms with Gasteiger partial charge in [0, 0.05) is 11.2 Å². The molecule has 0 radical (unpaired) electrons. The van der Waals surface area contributed by atoms with Crippen LogP contribution in [0.2, 0.25) is 5.02 Å². The predicted molar refractivity (Wildman–Crippen MR) is 65.0 cm³/mol. The highest BCUT2D eigenvalue weighted by atomic mass is 35.5. The number of pyridine rings is 1. The van der Waals surface area contributed by atoms with E-state index in [1.165, 1.54) is 0 Å². The highest BCUT2D eigenvalue weighted by Crippen LogP contribution is 2.36. The van der Waals surface area contributed by atoms with Crippen LogP contribution in [0.1, 0.15) is 31.8 Å². The standard InChI is InChI=1S/C11H15BClNO2/c1-10(2)11(3,4)16-12(15-10)9-7-8(13)5-6-14-9/h5-7H,1-4H3/i5D,6D,7D. The van der Waals surface area contributed by atoms with E-state index >= 15 is 0 Å². The first kappa shape index (κ1) is 8.51. The minimum atomic E-state index is -0.847. The molecule has 0 amide bonds. The molecule has 1 fully saturated rings. The maximum atomic E-state index is 7.90. The summed E-state index contributed by atoms with van der Waals surface area (Å²) in [5.41, 5.74) is -0.968. The van der Waals surface area contributed by atoms with E-state index in [0.29, 0.717) is 0 Å². The second-order valence-electron chi connectivity index (χ2n) is 4.76.